The summed E-state index contributed by atoms with van der Waals surface area (Å²) in [5.41, 5.74) is 0.630. The van der Waals surface area contributed by atoms with Crippen LogP contribution >= 0.6 is 0 Å². The molecule has 0 bridgehead atoms. The molecule has 7 nitrogen and oxygen atoms in total. The van der Waals surface area contributed by atoms with Crippen LogP contribution in [0.15, 0.2) is 23.3 Å². The standard InChI is InChI=1S/C14H19N5O2/c1-10-16-11(7-14(20)17-10)12-9-21-6-5-19(12)8-13-15-3-4-18(13)2/h3-4,7,12H,5-6,8-9H2,1-2H3,(H,16,17,20)/t12-/m0/s1. The van der Waals surface area contributed by atoms with Crippen LogP contribution in [0.4, 0.5) is 0 Å². The molecule has 1 atom stereocenters. The Morgan fingerprint density at radius 3 is 3.10 bits per heavy atom. The Bertz CT molecular complexity index is 678. The summed E-state index contributed by atoms with van der Waals surface area (Å²) < 4.78 is 7.58. The van der Waals surface area contributed by atoms with E-state index in [2.05, 4.69) is 19.9 Å². The summed E-state index contributed by atoms with van der Waals surface area (Å²) in [4.78, 5) is 25.4. The van der Waals surface area contributed by atoms with Gasteiger partial charge in [-0.1, -0.05) is 0 Å². The predicted octanol–water partition coefficient (Wildman–Crippen LogP) is 0.385. The van der Waals surface area contributed by atoms with Crippen LogP contribution in [0.2, 0.25) is 0 Å². The van der Waals surface area contributed by atoms with E-state index < -0.39 is 0 Å². The molecule has 2 aromatic rings. The van der Waals surface area contributed by atoms with Crippen LogP contribution in [0, 0.1) is 6.92 Å². The van der Waals surface area contributed by atoms with E-state index in [9.17, 15) is 4.79 Å². The molecule has 0 aromatic carbocycles. The Morgan fingerprint density at radius 2 is 2.38 bits per heavy atom. The Morgan fingerprint density at radius 1 is 1.52 bits per heavy atom. The van der Waals surface area contributed by atoms with E-state index in [0.717, 1.165) is 18.1 Å². The third-order valence-corrected chi connectivity index (χ3v) is 3.73. The van der Waals surface area contributed by atoms with Crippen molar-refractivity contribution in [1.82, 2.24) is 24.4 Å². The molecule has 0 amide bonds. The Balaban J connectivity index is 1.87. The topological polar surface area (TPSA) is 76.0 Å². The van der Waals surface area contributed by atoms with Gasteiger partial charge in [-0.2, -0.15) is 0 Å². The smallest absolute Gasteiger partial charge is 0.251 e. The fourth-order valence-corrected chi connectivity index (χ4v) is 2.60. The number of aryl methyl sites for hydroxylation is 2. The van der Waals surface area contributed by atoms with Crippen LogP contribution in [0.5, 0.6) is 0 Å². The van der Waals surface area contributed by atoms with E-state index >= 15 is 0 Å². The number of hydrogen-bond acceptors (Lipinski definition) is 5. The molecule has 112 valence electrons. The number of H-pyrrole nitrogens is 1. The van der Waals surface area contributed by atoms with Crippen LogP contribution in [-0.4, -0.2) is 44.2 Å². The summed E-state index contributed by atoms with van der Waals surface area (Å²) in [5, 5.41) is 0. The minimum absolute atomic E-state index is 0.0172. The van der Waals surface area contributed by atoms with Crippen molar-refractivity contribution in [3.63, 3.8) is 0 Å². The van der Waals surface area contributed by atoms with Crippen molar-refractivity contribution in [3.8, 4) is 0 Å². The first-order valence-electron chi connectivity index (χ1n) is 6.99. The fraction of sp³-hybridized carbons (Fsp3) is 0.500. The van der Waals surface area contributed by atoms with E-state index in [0.29, 0.717) is 25.6 Å². The Labute approximate surface area is 122 Å². The van der Waals surface area contributed by atoms with E-state index in [-0.39, 0.29) is 11.6 Å². The highest BCUT2D eigenvalue weighted by atomic mass is 16.5. The number of hydrogen-bond donors (Lipinski definition) is 1. The third-order valence-electron chi connectivity index (χ3n) is 3.73. The maximum Gasteiger partial charge on any atom is 0.251 e. The molecule has 1 aliphatic rings. The fourth-order valence-electron chi connectivity index (χ4n) is 2.60. The van der Waals surface area contributed by atoms with Gasteiger partial charge in [-0.25, -0.2) is 9.97 Å². The monoisotopic (exact) mass is 289 g/mol. The van der Waals surface area contributed by atoms with Crippen LogP contribution in [0.1, 0.15) is 23.4 Å². The molecular weight excluding hydrogens is 270 g/mol. The second-order valence-electron chi connectivity index (χ2n) is 5.27. The van der Waals surface area contributed by atoms with E-state index in [1.807, 2.05) is 17.8 Å². The number of imidazole rings is 1. The lowest BCUT2D eigenvalue weighted by Crippen LogP contribution is -2.40. The highest BCUT2D eigenvalue weighted by Gasteiger charge is 2.27. The number of morpholine rings is 1. The van der Waals surface area contributed by atoms with Gasteiger partial charge in [0, 0.05) is 32.1 Å². The molecule has 7 heteroatoms. The number of aromatic nitrogens is 4. The van der Waals surface area contributed by atoms with Gasteiger partial charge in [-0.05, 0) is 6.92 Å². The lowest BCUT2D eigenvalue weighted by atomic mass is 10.1. The molecule has 0 radical (unpaired) electrons. The first kappa shape index (κ1) is 14.0. The molecule has 1 aliphatic heterocycles. The van der Waals surface area contributed by atoms with Crippen molar-refractivity contribution in [2.24, 2.45) is 7.05 Å². The molecule has 0 unspecified atom stereocenters. The van der Waals surface area contributed by atoms with Crippen molar-refractivity contribution in [3.05, 3.63) is 46.2 Å². The minimum atomic E-state index is -0.125. The number of aromatic amines is 1. The van der Waals surface area contributed by atoms with Crippen molar-refractivity contribution in [2.45, 2.75) is 19.5 Å². The number of nitrogens with one attached hydrogen (secondary N) is 1. The van der Waals surface area contributed by atoms with E-state index in [1.54, 1.807) is 19.2 Å². The molecule has 0 saturated carbocycles. The molecule has 1 N–H and O–H groups in total. The van der Waals surface area contributed by atoms with Gasteiger partial charge in [0.2, 0.25) is 0 Å². The average molecular weight is 289 g/mol. The van der Waals surface area contributed by atoms with Crippen molar-refractivity contribution < 1.29 is 4.74 Å². The van der Waals surface area contributed by atoms with Gasteiger partial charge in [0.1, 0.15) is 11.6 Å². The van der Waals surface area contributed by atoms with Crippen LogP contribution in [0.25, 0.3) is 0 Å². The first-order valence-corrected chi connectivity index (χ1v) is 6.99. The summed E-state index contributed by atoms with van der Waals surface area (Å²) in [5.74, 6) is 1.61. The highest BCUT2D eigenvalue weighted by Crippen LogP contribution is 2.23. The van der Waals surface area contributed by atoms with Crippen LogP contribution in [0.3, 0.4) is 0 Å². The molecule has 3 heterocycles. The summed E-state index contributed by atoms with van der Waals surface area (Å²) in [6.07, 6.45) is 3.72. The quantitative estimate of drug-likeness (QED) is 0.884. The molecule has 3 rings (SSSR count). The molecule has 1 saturated heterocycles. The second kappa shape index (κ2) is 5.79. The maximum atomic E-state index is 11.7. The van der Waals surface area contributed by atoms with Crippen molar-refractivity contribution in [2.75, 3.05) is 19.8 Å². The highest BCUT2D eigenvalue weighted by molar-refractivity contribution is 5.09. The molecule has 0 aliphatic carbocycles. The van der Waals surface area contributed by atoms with E-state index in [4.69, 9.17) is 4.74 Å². The number of nitrogens with zero attached hydrogens (tertiary/aromatic N) is 4. The van der Waals surface area contributed by atoms with Gasteiger partial charge >= 0.3 is 0 Å². The second-order valence-corrected chi connectivity index (χ2v) is 5.27. The number of ether oxygens (including phenoxy) is 1. The van der Waals surface area contributed by atoms with Crippen LogP contribution in [-0.2, 0) is 18.3 Å². The predicted molar refractivity (Wildman–Crippen MR) is 76.8 cm³/mol. The molecule has 0 spiro atoms. The van der Waals surface area contributed by atoms with Gasteiger partial charge in [0.25, 0.3) is 5.56 Å². The summed E-state index contributed by atoms with van der Waals surface area (Å²) in [7, 11) is 1.98. The van der Waals surface area contributed by atoms with Gasteiger partial charge in [-0.3, -0.25) is 9.69 Å². The maximum absolute atomic E-state index is 11.7. The molecule has 21 heavy (non-hydrogen) atoms. The normalized spacial score (nSPS) is 19.8. The third kappa shape index (κ3) is 3.03. The lowest BCUT2D eigenvalue weighted by molar-refractivity contribution is -0.0158. The average Bonchev–Trinajstić information content (AvgIpc) is 2.84. The first-order chi connectivity index (χ1) is 10.1. The SMILES string of the molecule is Cc1nc([C@@H]2COCCN2Cc2nccn2C)cc(=O)[nH]1. The molecule has 1 fully saturated rings. The minimum Gasteiger partial charge on any atom is -0.378 e. The largest absolute Gasteiger partial charge is 0.378 e. The lowest BCUT2D eigenvalue weighted by Gasteiger charge is -2.34. The van der Waals surface area contributed by atoms with Gasteiger partial charge < -0.3 is 14.3 Å². The van der Waals surface area contributed by atoms with Crippen molar-refractivity contribution >= 4 is 0 Å². The summed E-state index contributed by atoms with van der Waals surface area (Å²) in [6.45, 7) is 4.52. The zero-order chi connectivity index (χ0) is 14.8. The zero-order valence-corrected chi connectivity index (χ0v) is 12.2. The van der Waals surface area contributed by atoms with Crippen LogP contribution < -0.4 is 5.56 Å². The van der Waals surface area contributed by atoms with Gasteiger partial charge in [-0.15, -0.1) is 0 Å². The zero-order valence-electron chi connectivity index (χ0n) is 12.2. The number of rotatable bonds is 3. The van der Waals surface area contributed by atoms with Crippen molar-refractivity contribution in [1.29, 1.82) is 0 Å². The van der Waals surface area contributed by atoms with Gasteiger partial charge in [0.15, 0.2) is 0 Å². The van der Waals surface area contributed by atoms with E-state index in [1.165, 1.54) is 0 Å². The summed E-state index contributed by atoms with van der Waals surface area (Å²) >= 11 is 0. The van der Waals surface area contributed by atoms with Gasteiger partial charge in [0.05, 0.1) is 31.5 Å². The molecule has 2 aromatic heterocycles. The Hall–Kier alpha value is -1.99. The summed E-state index contributed by atoms with van der Waals surface area (Å²) in [6, 6.07) is 1.54. The molecular formula is C14H19N5O2. The Kier molecular flexibility index (Phi) is 3.85.